The smallest absolute Gasteiger partial charge is 1.00 e. The molecular formula is C20H19Cl3Ti. The van der Waals surface area contributed by atoms with Gasteiger partial charge in [0.15, 0.2) is 0 Å². The number of hydrogen-bond acceptors (Lipinski definition) is 0. The van der Waals surface area contributed by atoms with Crippen LogP contribution in [0.5, 0.6) is 0 Å². The van der Waals surface area contributed by atoms with E-state index in [-0.39, 0.29) is 37.2 Å². The molecule has 4 heteroatoms. The van der Waals surface area contributed by atoms with Gasteiger partial charge in [0.25, 0.3) is 0 Å². The molecule has 0 amide bonds. The molecule has 0 bridgehead atoms. The number of rotatable bonds is 3. The molecular weight excluding hydrogens is 394 g/mol. The van der Waals surface area contributed by atoms with Gasteiger partial charge < -0.3 is 37.2 Å². The third-order valence-electron chi connectivity index (χ3n) is 4.35. The average Bonchev–Trinajstić information content (AvgIpc) is 2.78. The van der Waals surface area contributed by atoms with Gasteiger partial charge in [-0.15, -0.1) is 0 Å². The monoisotopic (exact) mass is 412 g/mol. The number of halogens is 3. The van der Waals surface area contributed by atoms with Crippen molar-refractivity contribution in [2.45, 2.75) is 26.2 Å². The maximum Gasteiger partial charge on any atom is -1.00 e. The van der Waals surface area contributed by atoms with Gasteiger partial charge in [-0.1, -0.05) is 0 Å². The summed E-state index contributed by atoms with van der Waals surface area (Å²) >= 11 is 2.25. The van der Waals surface area contributed by atoms with Crippen LogP contribution in [0.15, 0.2) is 81.3 Å². The number of benzene rings is 2. The van der Waals surface area contributed by atoms with Crippen LogP contribution in [0.25, 0.3) is 0 Å². The Balaban J connectivity index is 0.00000176. The Morgan fingerprint density at radius 2 is 1.17 bits per heavy atom. The fraction of sp³-hybridized carbons (Fsp3) is 0.200. The van der Waals surface area contributed by atoms with Crippen molar-refractivity contribution in [3.8, 4) is 0 Å². The van der Waals surface area contributed by atoms with Crippen molar-refractivity contribution in [3.05, 3.63) is 92.4 Å². The molecule has 0 heterocycles. The van der Waals surface area contributed by atoms with Crippen LogP contribution in [0.3, 0.4) is 0 Å². The van der Waals surface area contributed by atoms with Gasteiger partial charge in [0.1, 0.15) is 0 Å². The van der Waals surface area contributed by atoms with Gasteiger partial charge in [0.05, 0.1) is 0 Å². The molecule has 0 nitrogen and oxygen atoms in total. The maximum atomic E-state index is 2.28. The summed E-state index contributed by atoms with van der Waals surface area (Å²) in [6.07, 6.45) is 1.10. The second-order valence-corrected chi connectivity index (χ2v) is 6.52. The molecule has 0 saturated heterocycles. The van der Waals surface area contributed by atoms with Crippen LogP contribution in [-0.4, -0.2) is 0 Å². The molecule has 0 aromatic heterocycles. The van der Waals surface area contributed by atoms with E-state index in [4.69, 9.17) is 0 Å². The summed E-state index contributed by atoms with van der Waals surface area (Å²) < 4.78 is 1.47. The summed E-state index contributed by atoms with van der Waals surface area (Å²) in [4.78, 5) is 0. The molecule has 0 fully saturated rings. The predicted molar refractivity (Wildman–Crippen MR) is 84.7 cm³/mol. The van der Waals surface area contributed by atoms with E-state index in [1.807, 2.05) is 0 Å². The van der Waals surface area contributed by atoms with Crippen LogP contribution in [0, 0.1) is 0 Å². The van der Waals surface area contributed by atoms with Crippen LogP contribution >= 0.6 is 0 Å². The van der Waals surface area contributed by atoms with Crippen LogP contribution in [0.4, 0.5) is 0 Å². The van der Waals surface area contributed by atoms with E-state index in [9.17, 15) is 0 Å². The Hall–Kier alpha value is -0.496. The van der Waals surface area contributed by atoms with Crippen molar-refractivity contribution in [1.82, 2.24) is 0 Å². The Morgan fingerprint density at radius 1 is 0.750 bits per heavy atom. The first-order valence-electron chi connectivity index (χ1n) is 7.39. The topological polar surface area (TPSA) is 0 Å². The van der Waals surface area contributed by atoms with Crippen LogP contribution in [0.2, 0.25) is 0 Å². The number of hydrogen-bond donors (Lipinski definition) is 0. The van der Waals surface area contributed by atoms with Gasteiger partial charge in [-0.3, -0.25) is 0 Å². The van der Waals surface area contributed by atoms with Gasteiger partial charge in [-0.2, -0.15) is 0 Å². The first-order chi connectivity index (χ1) is 10.2. The van der Waals surface area contributed by atoms with E-state index in [1.165, 1.54) is 26.2 Å². The zero-order valence-corrected chi connectivity index (χ0v) is 17.5. The molecule has 0 aliphatic heterocycles. The molecule has 0 atom stereocenters. The van der Waals surface area contributed by atoms with Crippen molar-refractivity contribution in [1.29, 1.82) is 0 Å². The van der Waals surface area contributed by atoms with E-state index in [1.54, 1.807) is 5.57 Å². The first kappa shape index (κ1) is 23.5. The molecule has 124 valence electrons. The summed E-state index contributed by atoms with van der Waals surface area (Å²) in [5.41, 5.74) is 7.33. The summed E-state index contributed by atoms with van der Waals surface area (Å²) in [5.74, 6) is 0.375. The van der Waals surface area contributed by atoms with Crippen molar-refractivity contribution >= 4 is 0 Å². The van der Waals surface area contributed by atoms with Crippen molar-refractivity contribution in [2.24, 2.45) is 0 Å². The van der Waals surface area contributed by atoms with E-state index < -0.39 is 0 Å². The maximum absolute atomic E-state index is 2.28. The van der Waals surface area contributed by atoms with Crippen molar-refractivity contribution in [3.63, 3.8) is 0 Å². The second-order valence-electron chi connectivity index (χ2n) is 5.74. The molecule has 0 spiro atoms. The number of allylic oxidation sites excluding steroid dienone is 4. The minimum atomic E-state index is 0. The zero-order chi connectivity index (χ0) is 14.8. The molecule has 2 aromatic rings. The SMILES string of the molecule is CC1=[C]([Ti+3])C(C)=C(C(c2ccccc2)c2ccccc2)C1.[Cl-].[Cl-].[Cl-]. The van der Waals surface area contributed by atoms with Crippen molar-refractivity contribution < 1.29 is 57.7 Å². The minimum Gasteiger partial charge on any atom is -1.00 e. The molecule has 3 rings (SSSR count). The third-order valence-corrected chi connectivity index (χ3v) is 5.61. The predicted octanol–water partition coefficient (Wildman–Crippen LogP) is -3.63. The van der Waals surface area contributed by atoms with E-state index in [0.717, 1.165) is 6.42 Å². The largest absolute Gasteiger partial charge is 1.00 e. The molecule has 1 aliphatic rings. The average molecular weight is 414 g/mol. The quantitative estimate of drug-likeness (QED) is 0.456. The fourth-order valence-corrected chi connectivity index (χ4v) is 3.58. The first-order valence-corrected chi connectivity index (χ1v) is 8.18. The Labute approximate surface area is 175 Å². The van der Waals surface area contributed by atoms with Crippen LogP contribution in [0.1, 0.15) is 37.3 Å². The van der Waals surface area contributed by atoms with Crippen LogP contribution in [-0.2, 0) is 20.4 Å². The molecule has 2 aromatic carbocycles. The van der Waals surface area contributed by atoms with Crippen LogP contribution < -0.4 is 37.2 Å². The Bertz CT molecular complexity index is 667. The third kappa shape index (κ3) is 4.78. The molecule has 0 saturated carbocycles. The summed E-state index contributed by atoms with van der Waals surface area (Å²) in [6.45, 7) is 4.54. The van der Waals surface area contributed by atoms with E-state index in [0.29, 0.717) is 5.92 Å². The van der Waals surface area contributed by atoms with Gasteiger partial charge in [0.2, 0.25) is 0 Å². The van der Waals surface area contributed by atoms with E-state index in [2.05, 4.69) is 94.9 Å². The molecule has 0 unspecified atom stereocenters. The Kier molecular flexibility index (Phi) is 10.3. The van der Waals surface area contributed by atoms with Gasteiger partial charge in [-0.05, 0) is 0 Å². The standard InChI is InChI=1S/C20H19.3ClH.Ti/c1-15-13-16(2)19(14-15)20(17-9-5-3-6-10-17)18-11-7-4-8-12-18;;;;/h3-12,20H,14H2,1-2H3;3*1H;/q;;;;+3/p-3. The Morgan fingerprint density at radius 3 is 1.50 bits per heavy atom. The molecule has 0 N–H and O–H groups in total. The van der Waals surface area contributed by atoms with Gasteiger partial charge in [-0.25, -0.2) is 0 Å². The van der Waals surface area contributed by atoms with Gasteiger partial charge >= 0.3 is 139 Å². The molecule has 0 radical (unpaired) electrons. The summed E-state index contributed by atoms with van der Waals surface area (Å²) in [7, 11) is 0. The fourth-order valence-electron chi connectivity index (χ4n) is 3.19. The normalized spacial score (nSPS) is 13.4. The second kappa shape index (κ2) is 10.5. The van der Waals surface area contributed by atoms with Gasteiger partial charge in [0, 0.05) is 0 Å². The van der Waals surface area contributed by atoms with E-state index >= 15 is 0 Å². The van der Waals surface area contributed by atoms with Crippen molar-refractivity contribution in [2.75, 3.05) is 0 Å². The molecule has 1 aliphatic carbocycles. The summed E-state index contributed by atoms with van der Waals surface area (Å²) in [6, 6.07) is 21.8. The zero-order valence-electron chi connectivity index (χ0n) is 13.7. The minimum absolute atomic E-state index is 0. The summed E-state index contributed by atoms with van der Waals surface area (Å²) in [5, 5.41) is 0. The molecule has 24 heavy (non-hydrogen) atoms.